The first-order chi connectivity index (χ1) is 8.02. The number of anilines is 1. The second kappa shape index (κ2) is 6.31. The lowest BCUT2D eigenvalue weighted by Crippen LogP contribution is -2.32. The minimum atomic E-state index is 0.502. The van der Waals surface area contributed by atoms with Crippen molar-refractivity contribution in [3.05, 3.63) is 11.3 Å². The molecule has 0 spiro atoms. The highest BCUT2D eigenvalue weighted by Gasteiger charge is 2.19. The summed E-state index contributed by atoms with van der Waals surface area (Å²) in [6, 6.07) is 0.502. The largest absolute Gasteiger partial charge is 0.357 e. The SMILES string of the molecule is CSCCC(C)N(C)c1c(CN)c(C)nn1C. The van der Waals surface area contributed by atoms with Crippen LogP contribution in [0, 0.1) is 6.92 Å². The molecule has 1 heterocycles. The fourth-order valence-electron chi connectivity index (χ4n) is 2.06. The van der Waals surface area contributed by atoms with Crippen molar-refractivity contribution in [2.75, 3.05) is 24.0 Å². The summed E-state index contributed by atoms with van der Waals surface area (Å²) in [5.41, 5.74) is 8.01. The van der Waals surface area contributed by atoms with Gasteiger partial charge >= 0.3 is 0 Å². The molecule has 1 unspecified atom stereocenters. The van der Waals surface area contributed by atoms with Crippen LogP contribution >= 0.6 is 11.8 Å². The first-order valence-corrected chi connectivity index (χ1v) is 7.36. The van der Waals surface area contributed by atoms with Crippen LogP contribution in [0.15, 0.2) is 0 Å². The normalized spacial score (nSPS) is 12.8. The van der Waals surface area contributed by atoms with Crippen LogP contribution in [0.25, 0.3) is 0 Å². The van der Waals surface area contributed by atoms with E-state index in [9.17, 15) is 0 Å². The van der Waals surface area contributed by atoms with Gasteiger partial charge in [0.05, 0.1) is 5.69 Å². The van der Waals surface area contributed by atoms with Gasteiger partial charge in [-0.25, -0.2) is 0 Å². The van der Waals surface area contributed by atoms with Gasteiger partial charge in [-0.15, -0.1) is 0 Å². The molecule has 0 saturated carbocycles. The summed E-state index contributed by atoms with van der Waals surface area (Å²) in [5.74, 6) is 2.33. The van der Waals surface area contributed by atoms with Crippen LogP contribution in [0.5, 0.6) is 0 Å². The molecule has 17 heavy (non-hydrogen) atoms. The molecular formula is C12H24N4S. The van der Waals surface area contributed by atoms with Gasteiger partial charge in [0.1, 0.15) is 5.82 Å². The fourth-order valence-corrected chi connectivity index (χ4v) is 2.64. The van der Waals surface area contributed by atoms with Gasteiger partial charge < -0.3 is 10.6 Å². The topological polar surface area (TPSA) is 47.1 Å². The average Bonchev–Trinajstić information content (AvgIpc) is 2.59. The van der Waals surface area contributed by atoms with Gasteiger partial charge in [0, 0.05) is 32.2 Å². The first kappa shape index (κ1) is 14.4. The zero-order valence-corrected chi connectivity index (χ0v) is 12.3. The summed E-state index contributed by atoms with van der Waals surface area (Å²) in [6.07, 6.45) is 3.32. The molecule has 1 atom stereocenters. The molecule has 1 aromatic heterocycles. The molecule has 2 N–H and O–H groups in total. The highest BCUT2D eigenvalue weighted by molar-refractivity contribution is 7.98. The summed E-state index contributed by atoms with van der Waals surface area (Å²) in [4.78, 5) is 2.29. The van der Waals surface area contributed by atoms with E-state index >= 15 is 0 Å². The Morgan fingerprint density at radius 1 is 1.53 bits per heavy atom. The zero-order chi connectivity index (χ0) is 13.0. The zero-order valence-electron chi connectivity index (χ0n) is 11.5. The number of hydrogen-bond donors (Lipinski definition) is 1. The molecule has 0 aromatic carbocycles. The number of nitrogens with two attached hydrogens (primary N) is 1. The van der Waals surface area contributed by atoms with E-state index in [1.165, 1.54) is 12.2 Å². The first-order valence-electron chi connectivity index (χ1n) is 5.97. The highest BCUT2D eigenvalue weighted by atomic mass is 32.2. The van der Waals surface area contributed by atoms with Crippen molar-refractivity contribution in [2.24, 2.45) is 12.8 Å². The number of aromatic nitrogens is 2. The van der Waals surface area contributed by atoms with Gasteiger partial charge in [-0.3, -0.25) is 4.68 Å². The van der Waals surface area contributed by atoms with Gasteiger partial charge in [-0.2, -0.15) is 16.9 Å². The Balaban J connectivity index is 2.90. The van der Waals surface area contributed by atoms with E-state index in [1.807, 2.05) is 30.4 Å². The van der Waals surface area contributed by atoms with Crippen molar-refractivity contribution in [1.29, 1.82) is 0 Å². The molecule has 0 amide bonds. The molecular weight excluding hydrogens is 232 g/mol. The lowest BCUT2D eigenvalue weighted by atomic mass is 10.2. The molecule has 0 fully saturated rings. The lowest BCUT2D eigenvalue weighted by molar-refractivity contribution is 0.631. The van der Waals surface area contributed by atoms with E-state index in [1.54, 1.807) is 0 Å². The number of thioether (sulfide) groups is 1. The van der Waals surface area contributed by atoms with E-state index in [2.05, 4.69) is 30.2 Å². The standard InChI is InChI=1S/C12H24N4S/c1-9(6-7-17-5)15(3)12-11(8-13)10(2)14-16(12)4/h9H,6-8,13H2,1-5H3. The van der Waals surface area contributed by atoms with E-state index in [4.69, 9.17) is 5.73 Å². The van der Waals surface area contributed by atoms with E-state index in [0.29, 0.717) is 12.6 Å². The molecule has 0 aliphatic heterocycles. The monoisotopic (exact) mass is 256 g/mol. The maximum absolute atomic E-state index is 5.82. The molecule has 5 heteroatoms. The molecule has 1 rings (SSSR count). The van der Waals surface area contributed by atoms with Crippen LogP contribution in [-0.2, 0) is 13.6 Å². The Morgan fingerprint density at radius 3 is 2.71 bits per heavy atom. The Morgan fingerprint density at radius 2 is 2.18 bits per heavy atom. The van der Waals surface area contributed by atoms with Crippen LogP contribution in [0.4, 0.5) is 5.82 Å². The fraction of sp³-hybridized carbons (Fsp3) is 0.750. The molecule has 98 valence electrons. The molecule has 0 radical (unpaired) electrons. The second-order valence-corrected chi connectivity index (χ2v) is 5.44. The van der Waals surface area contributed by atoms with Crippen molar-refractivity contribution in [1.82, 2.24) is 9.78 Å². The van der Waals surface area contributed by atoms with Crippen molar-refractivity contribution in [3.63, 3.8) is 0 Å². The van der Waals surface area contributed by atoms with Gasteiger partial charge in [0.25, 0.3) is 0 Å². The summed E-state index contributed by atoms with van der Waals surface area (Å²) in [7, 11) is 4.11. The molecule has 0 bridgehead atoms. The average molecular weight is 256 g/mol. The van der Waals surface area contributed by atoms with Crippen LogP contribution in [0.2, 0.25) is 0 Å². The Kier molecular flexibility index (Phi) is 5.33. The summed E-state index contributed by atoms with van der Waals surface area (Å²) in [5, 5.41) is 4.46. The maximum Gasteiger partial charge on any atom is 0.131 e. The van der Waals surface area contributed by atoms with Gasteiger partial charge in [0.15, 0.2) is 0 Å². The number of nitrogens with zero attached hydrogens (tertiary/aromatic N) is 3. The number of rotatable bonds is 6. The molecule has 0 aliphatic carbocycles. The predicted molar refractivity (Wildman–Crippen MR) is 76.7 cm³/mol. The number of aryl methyl sites for hydroxylation is 2. The second-order valence-electron chi connectivity index (χ2n) is 4.46. The third kappa shape index (κ3) is 3.16. The number of hydrogen-bond acceptors (Lipinski definition) is 4. The highest BCUT2D eigenvalue weighted by Crippen LogP contribution is 2.24. The molecule has 0 saturated heterocycles. The minimum Gasteiger partial charge on any atom is -0.357 e. The molecule has 1 aromatic rings. The molecule has 4 nitrogen and oxygen atoms in total. The van der Waals surface area contributed by atoms with E-state index in [-0.39, 0.29) is 0 Å². The maximum atomic E-state index is 5.82. The van der Waals surface area contributed by atoms with Crippen LogP contribution in [0.3, 0.4) is 0 Å². The Hall–Kier alpha value is -0.680. The lowest BCUT2D eigenvalue weighted by Gasteiger charge is -2.27. The van der Waals surface area contributed by atoms with Gasteiger partial charge in [-0.05, 0) is 32.3 Å². The predicted octanol–water partition coefficient (Wildman–Crippen LogP) is 1.77. The van der Waals surface area contributed by atoms with Crippen molar-refractivity contribution in [2.45, 2.75) is 32.9 Å². The Bertz CT molecular complexity index is 362. The van der Waals surface area contributed by atoms with E-state index < -0.39 is 0 Å². The van der Waals surface area contributed by atoms with Crippen molar-refractivity contribution in [3.8, 4) is 0 Å². The summed E-state index contributed by atoms with van der Waals surface area (Å²) >= 11 is 1.89. The van der Waals surface area contributed by atoms with Crippen LogP contribution in [-0.4, -0.2) is 34.9 Å². The van der Waals surface area contributed by atoms with Crippen molar-refractivity contribution >= 4 is 17.6 Å². The van der Waals surface area contributed by atoms with Gasteiger partial charge in [-0.1, -0.05) is 0 Å². The minimum absolute atomic E-state index is 0.502. The third-order valence-electron chi connectivity index (χ3n) is 3.25. The van der Waals surface area contributed by atoms with E-state index in [0.717, 1.165) is 17.1 Å². The molecule has 0 aliphatic rings. The third-order valence-corrected chi connectivity index (χ3v) is 3.90. The smallest absolute Gasteiger partial charge is 0.131 e. The van der Waals surface area contributed by atoms with Crippen LogP contribution in [0.1, 0.15) is 24.6 Å². The quantitative estimate of drug-likeness (QED) is 0.842. The summed E-state index contributed by atoms with van der Waals surface area (Å²) < 4.78 is 1.94. The van der Waals surface area contributed by atoms with Crippen molar-refractivity contribution < 1.29 is 0 Å². The van der Waals surface area contributed by atoms with Gasteiger partial charge in [0.2, 0.25) is 0 Å². The van der Waals surface area contributed by atoms with Crippen LogP contribution < -0.4 is 10.6 Å². The summed E-state index contributed by atoms with van der Waals surface area (Å²) in [6.45, 7) is 4.82. The Labute approximate surface area is 109 Å².